The van der Waals surface area contributed by atoms with Crippen molar-refractivity contribution in [2.45, 2.75) is 103 Å². The van der Waals surface area contributed by atoms with Gasteiger partial charge < -0.3 is 20.1 Å². The average molecular weight is 395 g/mol. The van der Waals surface area contributed by atoms with Gasteiger partial charge >= 0.3 is 5.97 Å². The summed E-state index contributed by atoms with van der Waals surface area (Å²) in [6.07, 6.45) is 6.02. The van der Waals surface area contributed by atoms with Crippen LogP contribution in [0.4, 0.5) is 0 Å². The highest BCUT2D eigenvalue weighted by molar-refractivity contribution is 5.66. The van der Waals surface area contributed by atoms with Crippen LogP contribution in [0.1, 0.15) is 79.1 Å². The maximum Gasteiger partial charge on any atom is 0.302 e. The number of aliphatic hydroxyl groups is 3. The summed E-state index contributed by atoms with van der Waals surface area (Å²) < 4.78 is 5.54. The van der Waals surface area contributed by atoms with E-state index < -0.39 is 23.2 Å². The van der Waals surface area contributed by atoms with Crippen molar-refractivity contribution < 1.29 is 24.9 Å². The van der Waals surface area contributed by atoms with Gasteiger partial charge in [-0.25, -0.2) is 0 Å². The fraction of sp³-hybridized carbons (Fsp3) is 0.957. The molecule has 160 valence electrons. The van der Waals surface area contributed by atoms with Gasteiger partial charge in [0.1, 0.15) is 11.7 Å². The molecule has 0 aromatic heterocycles. The van der Waals surface area contributed by atoms with E-state index in [1.807, 2.05) is 0 Å². The number of hydrogen-bond acceptors (Lipinski definition) is 5. The highest BCUT2D eigenvalue weighted by Crippen LogP contribution is 2.68. The Morgan fingerprint density at radius 2 is 1.79 bits per heavy atom. The Bertz CT molecular complexity index is 634. The van der Waals surface area contributed by atoms with E-state index in [2.05, 4.69) is 13.8 Å². The first-order valence-electron chi connectivity index (χ1n) is 11.3. The third-order valence-corrected chi connectivity index (χ3v) is 9.88. The van der Waals surface area contributed by atoms with E-state index in [4.69, 9.17) is 4.74 Å². The maximum absolute atomic E-state index is 11.4. The van der Waals surface area contributed by atoms with Crippen molar-refractivity contribution in [2.24, 2.45) is 34.5 Å². The van der Waals surface area contributed by atoms with Crippen LogP contribution < -0.4 is 0 Å². The zero-order valence-electron chi connectivity index (χ0n) is 17.9. The molecule has 10 atom stereocenters. The minimum atomic E-state index is -1.41. The SMILES string of the molecule is CC(=O)O[C@H]1CC[C@@]2(C)[C@@H](CC[C@@H]3[C@H]2CC[C@@]2(C)[C@@H]3C[C@@H](O)[C@]2(O)[C@H](C)O)C1. The summed E-state index contributed by atoms with van der Waals surface area (Å²) in [4.78, 5) is 11.4. The molecule has 28 heavy (non-hydrogen) atoms. The summed E-state index contributed by atoms with van der Waals surface area (Å²) in [6, 6.07) is 0. The molecule has 4 rings (SSSR count). The molecular weight excluding hydrogens is 356 g/mol. The summed E-state index contributed by atoms with van der Waals surface area (Å²) in [7, 11) is 0. The lowest BCUT2D eigenvalue weighted by Crippen LogP contribution is -2.61. The molecule has 0 aliphatic heterocycles. The van der Waals surface area contributed by atoms with Crippen LogP contribution in [0.2, 0.25) is 0 Å². The van der Waals surface area contributed by atoms with Gasteiger partial charge in [-0.1, -0.05) is 13.8 Å². The summed E-state index contributed by atoms with van der Waals surface area (Å²) in [6.45, 7) is 7.66. The van der Waals surface area contributed by atoms with Crippen LogP contribution in [-0.4, -0.2) is 45.2 Å². The minimum Gasteiger partial charge on any atom is -0.463 e. The lowest BCUT2D eigenvalue weighted by Gasteiger charge is -2.61. The van der Waals surface area contributed by atoms with Crippen molar-refractivity contribution in [2.75, 3.05) is 0 Å². The molecule has 4 aliphatic rings. The number of hydrogen-bond donors (Lipinski definition) is 3. The molecule has 5 heteroatoms. The average Bonchev–Trinajstić information content (AvgIpc) is 2.83. The van der Waals surface area contributed by atoms with Gasteiger partial charge in [-0.05, 0) is 87.4 Å². The molecule has 4 fully saturated rings. The van der Waals surface area contributed by atoms with Crippen molar-refractivity contribution in [3.63, 3.8) is 0 Å². The Kier molecular flexibility index (Phi) is 4.92. The van der Waals surface area contributed by atoms with Crippen LogP contribution in [0.5, 0.6) is 0 Å². The van der Waals surface area contributed by atoms with Gasteiger partial charge in [-0.3, -0.25) is 4.79 Å². The molecule has 0 saturated heterocycles. The smallest absolute Gasteiger partial charge is 0.302 e. The highest BCUT2D eigenvalue weighted by atomic mass is 16.5. The van der Waals surface area contributed by atoms with Crippen molar-refractivity contribution in [1.82, 2.24) is 0 Å². The van der Waals surface area contributed by atoms with E-state index in [9.17, 15) is 20.1 Å². The molecule has 0 spiro atoms. The fourth-order valence-corrected chi connectivity index (χ4v) is 8.37. The molecule has 0 amide bonds. The Morgan fingerprint density at radius 1 is 1.07 bits per heavy atom. The Morgan fingerprint density at radius 3 is 2.43 bits per heavy atom. The third kappa shape index (κ3) is 2.65. The lowest BCUT2D eigenvalue weighted by atomic mass is 9.44. The van der Waals surface area contributed by atoms with E-state index >= 15 is 0 Å². The lowest BCUT2D eigenvalue weighted by molar-refractivity contribution is -0.209. The monoisotopic (exact) mass is 394 g/mol. The van der Waals surface area contributed by atoms with Crippen LogP contribution in [0.3, 0.4) is 0 Å². The van der Waals surface area contributed by atoms with E-state index in [1.54, 1.807) is 6.92 Å². The number of aliphatic hydroxyl groups excluding tert-OH is 2. The second-order valence-corrected chi connectivity index (χ2v) is 10.9. The van der Waals surface area contributed by atoms with E-state index in [0.717, 1.165) is 44.9 Å². The van der Waals surface area contributed by atoms with Gasteiger partial charge in [0, 0.05) is 12.3 Å². The van der Waals surface area contributed by atoms with Gasteiger partial charge in [-0.15, -0.1) is 0 Å². The Labute approximate surface area is 168 Å². The molecule has 0 heterocycles. The molecule has 0 aromatic rings. The van der Waals surface area contributed by atoms with Gasteiger partial charge in [-0.2, -0.15) is 0 Å². The van der Waals surface area contributed by atoms with Crippen LogP contribution in [0, 0.1) is 34.5 Å². The molecule has 0 bridgehead atoms. The first kappa shape index (κ1) is 20.6. The van der Waals surface area contributed by atoms with Crippen LogP contribution in [-0.2, 0) is 9.53 Å². The van der Waals surface area contributed by atoms with E-state index in [-0.39, 0.29) is 23.4 Å². The third-order valence-electron chi connectivity index (χ3n) is 9.88. The molecule has 0 radical (unpaired) electrons. The first-order chi connectivity index (χ1) is 13.0. The predicted octanol–water partition coefficient (Wildman–Crippen LogP) is 3.04. The predicted molar refractivity (Wildman–Crippen MR) is 105 cm³/mol. The van der Waals surface area contributed by atoms with Crippen LogP contribution in [0.25, 0.3) is 0 Å². The van der Waals surface area contributed by atoms with E-state index in [0.29, 0.717) is 24.2 Å². The quantitative estimate of drug-likeness (QED) is 0.627. The zero-order valence-corrected chi connectivity index (χ0v) is 17.9. The standard InChI is InChI=1S/C23H38O5/c1-13(24)23(27)20(26)12-19-17-6-5-15-11-16(28-14(2)25)7-9-21(15,3)18(17)8-10-22(19,23)4/h13,15-20,24,26-27H,5-12H2,1-4H3/t13-,15-,16-,17+,18+,19+,20+,21-,22-,23+/m0/s1. The van der Waals surface area contributed by atoms with E-state index in [1.165, 1.54) is 6.92 Å². The molecule has 5 nitrogen and oxygen atoms in total. The summed E-state index contributed by atoms with van der Waals surface area (Å²) >= 11 is 0. The second-order valence-electron chi connectivity index (χ2n) is 10.9. The second kappa shape index (κ2) is 6.68. The molecule has 3 N–H and O–H groups in total. The first-order valence-corrected chi connectivity index (χ1v) is 11.3. The topological polar surface area (TPSA) is 87.0 Å². The molecule has 4 saturated carbocycles. The van der Waals surface area contributed by atoms with Crippen LogP contribution >= 0.6 is 0 Å². The van der Waals surface area contributed by atoms with Gasteiger partial charge in [0.05, 0.1) is 12.2 Å². The fourth-order valence-electron chi connectivity index (χ4n) is 8.37. The largest absolute Gasteiger partial charge is 0.463 e. The highest BCUT2D eigenvalue weighted by Gasteiger charge is 2.69. The van der Waals surface area contributed by atoms with Gasteiger partial charge in [0.2, 0.25) is 0 Å². The summed E-state index contributed by atoms with van der Waals surface area (Å²) in [5.74, 6) is 1.75. The molecule has 0 aromatic carbocycles. The molecule has 0 unspecified atom stereocenters. The molecule has 4 aliphatic carbocycles. The zero-order chi connectivity index (χ0) is 20.5. The number of fused-ring (bicyclic) bond motifs is 5. The van der Waals surface area contributed by atoms with Crippen LogP contribution in [0.15, 0.2) is 0 Å². The van der Waals surface area contributed by atoms with Gasteiger partial charge in [0.25, 0.3) is 0 Å². The minimum absolute atomic E-state index is 0.0645. The van der Waals surface area contributed by atoms with Crippen molar-refractivity contribution >= 4 is 5.97 Å². The molecular formula is C23H38O5. The number of rotatable bonds is 2. The summed E-state index contributed by atoms with van der Waals surface area (Å²) in [5, 5.41) is 32.5. The summed E-state index contributed by atoms with van der Waals surface area (Å²) in [5.41, 5.74) is -1.59. The van der Waals surface area contributed by atoms with Gasteiger partial charge in [0.15, 0.2) is 0 Å². The normalized spacial score (nSPS) is 54.2. The van der Waals surface area contributed by atoms with Crippen molar-refractivity contribution in [1.29, 1.82) is 0 Å². The maximum atomic E-state index is 11.4. The Balaban J connectivity index is 1.58. The van der Waals surface area contributed by atoms with Crippen molar-refractivity contribution in [3.8, 4) is 0 Å². The number of carbonyl (C=O) groups excluding carboxylic acids is 1. The number of ether oxygens (including phenoxy) is 1. The number of carbonyl (C=O) groups is 1. The van der Waals surface area contributed by atoms with Crippen molar-refractivity contribution in [3.05, 3.63) is 0 Å². The Hall–Kier alpha value is -0.650. The number of esters is 1.